The van der Waals surface area contributed by atoms with E-state index < -0.39 is 0 Å². The van der Waals surface area contributed by atoms with E-state index in [-0.39, 0.29) is 29.1 Å². The lowest BCUT2D eigenvalue weighted by Gasteiger charge is -2.37. The molecule has 1 rings (SSSR count). The number of nitrogens with zero attached hydrogens (tertiary/aromatic N) is 1. The minimum atomic E-state index is 0. The Morgan fingerprint density at radius 3 is 2.29 bits per heavy atom. The first-order valence-corrected chi connectivity index (χ1v) is 5.93. The molecule has 1 saturated heterocycles. The first kappa shape index (κ1) is 14.7. The van der Waals surface area contributed by atoms with E-state index in [1.807, 2.05) is 0 Å². The number of carbonyl (C=O) groups is 1. The third-order valence-corrected chi connectivity index (χ3v) is 3.85. The molecule has 0 radical (unpaired) electrons. The van der Waals surface area contributed by atoms with E-state index >= 15 is 0 Å². The number of hydrogen-bond acceptors (Lipinski definition) is 2. The minimum absolute atomic E-state index is 0. The highest BCUT2D eigenvalue weighted by molar-refractivity contribution is 8.13. The van der Waals surface area contributed by atoms with Crippen LogP contribution in [-0.4, -0.2) is 42.5 Å². The number of quaternary nitrogens is 1. The van der Waals surface area contributed by atoms with E-state index in [1.165, 1.54) is 37.7 Å². The smallest absolute Gasteiger partial charge is 0.185 e. The fourth-order valence-corrected chi connectivity index (χ4v) is 2.53. The maximum absolute atomic E-state index is 10.8. The molecule has 0 aromatic carbocycles. The lowest BCUT2D eigenvalue weighted by Crippen LogP contribution is -3.00. The van der Waals surface area contributed by atoms with Gasteiger partial charge in [0, 0.05) is 25.5 Å². The molecule has 2 nitrogen and oxygen atoms in total. The van der Waals surface area contributed by atoms with Crippen LogP contribution in [-0.2, 0) is 4.79 Å². The second-order valence-electron chi connectivity index (χ2n) is 4.63. The van der Waals surface area contributed by atoms with Crippen molar-refractivity contribution in [2.24, 2.45) is 5.92 Å². The van der Waals surface area contributed by atoms with Gasteiger partial charge in [-0.15, -0.1) is 0 Å². The standard InChI is InChI=1S/C10H20NOS.HI/c1-9(12)13-8-10-4-6-11(2,3)7-5-10;/h10H,4-8H2,1-3H3;1H/q+1;/p-1. The van der Waals surface area contributed by atoms with Gasteiger partial charge in [-0.2, -0.15) is 0 Å². The van der Waals surface area contributed by atoms with Crippen molar-refractivity contribution in [2.75, 3.05) is 32.9 Å². The van der Waals surface area contributed by atoms with Crippen molar-refractivity contribution in [3.05, 3.63) is 0 Å². The van der Waals surface area contributed by atoms with Gasteiger partial charge in [0.25, 0.3) is 0 Å². The zero-order chi connectivity index (χ0) is 9.90. The van der Waals surface area contributed by atoms with Gasteiger partial charge in [0.15, 0.2) is 5.12 Å². The van der Waals surface area contributed by atoms with Gasteiger partial charge in [0.2, 0.25) is 0 Å². The zero-order valence-electron chi connectivity index (χ0n) is 9.25. The Morgan fingerprint density at radius 1 is 1.36 bits per heavy atom. The molecule has 4 heteroatoms. The molecule has 1 heterocycles. The lowest BCUT2D eigenvalue weighted by atomic mass is 9.98. The molecule has 0 N–H and O–H groups in total. The summed E-state index contributed by atoms with van der Waals surface area (Å²) in [6, 6.07) is 0. The zero-order valence-corrected chi connectivity index (χ0v) is 12.2. The van der Waals surface area contributed by atoms with E-state index in [9.17, 15) is 4.79 Å². The number of carbonyl (C=O) groups excluding carboxylic acids is 1. The van der Waals surface area contributed by atoms with Crippen LogP contribution in [0.1, 0.15) is 19.8 Å². The molecule has 1 fully saturated rings. The predicted octanol–water partition coefficient (Wildman–Crippen LogP) is -1.24. The highest BCUT2D eigenvalue weighted by Gasteiger charge is 2.25. The minimum Gasteiger partial charge on any atom is -1.00 e. The summed E-state index contributed by atoms with van der Waals surface area (Å²) in [4.78, 5) is 10.8. The first-order valence-electron chi connectivity index (χ1n) is 4.95. The van der Waals surface area contributed by atoms with Gasteiger partial charge < -0.3 is 28.5 Å². The Morgan fingerprint density at radius 2 is 1.86 bits per heavy atom. The summed E-state index contributed by atoms with van der Waals surface area (Å²) in [6.45, 7) is 4.19. The molecule has 0 amide bonds. The Bertz CT molecular complexity index is 187. The number of likely N-dealkylation sites (tertiary alicyclic amines) is 1. The molecule has 0 spiro atoms. The molecule has 0 saturated carbocycles. The third-order valence-electron chi connectivity index (χ3n) is 2.81. The van der Waals surface area contributed by atoms with E-state index in [0.717, 1.165) is 16.2 Å². The third kappa shape index (κ3) is 5.56. The van der Waals surface area contributed by atoms with Crippen molar-refractivity contribution < 1.29 is 33.3 Å². The van der Waals surface area contributed by atoms with E-state index in [2.05, 4.69) is 14.1 Å². The summed E-state index contributed by atoms with van der Waals surface area (Å²) in [6.07, 6.45) is 2.57. The van der Waals surface area contributed by atoms with Crippen molar-refractivity contribution in [1.29, 1.82) is 0 Å². The van der Waals surface area contributed by atoms with Crippen LogP contribution < -0.4 is 24.0 Å². The Hall–Kier alpha value is 0.710. The molecule has 14 heavy (non-hydrogen) atoms. The number of piperidine rings is 1. The summed E-state index contributed by atoms with van der Waals surface area (Å²) in [5.74, 6) is 1.81. The van der Waals surface area contributed by atoms with Crippen LogP contribution >= 0.6 is 11.8 Å². The molecule has 0 aromatic heterocycles. The molecule has 0 aromatic rings. The van der Waals surface area contributed by atoms with Gasteiger partial charge in [0.1, 0.15) is 0 Å². The van der Waals surface area contributed by atoms with Gasteiger partial charge >= 0.3 is 0 Å². The fourth-order valence-electron chi connectivity index (χ4n) is 1.72. The summed E-state index contributed by atoms with van der Waals surface area (Å²) in [5.41, 5.74) is 0. The maximum atomic E-state index is 10.8. The summed E-state index contributed by atoms with van der Waals surface area (Å²) < 4.78 is 1.15. The second-order valence-corrected chi connectivity index (χ2v) is 5.83. The van der Waals surface area contributed by atoms with Crippen LogP contribution in [0.2, 0.25) is 0 Å². The van der Waals surface area contributed by atoms with Gasteiger partial charge in [-0.1, -0.05) is 11.8 Å². The van der Waals surface area contributed by atoms with Crippen molar-refractivity contribution in [3.63, 3.8) is 0 Å². The molecular weight excluding hydrogens is 309 g/mol. The molecule has 84 valence electrons. The van der Waals surface area contributed by atoms with Crippen molar-refractivity contribution in [2.45, 2.75) is 19.8 Å². The molecule has 1 aliphatic heterocycles. The number of halogens is 1. The largest absolute Gasteiger partial charge is 1.00 e. The van der Waals surface area contributed by atoms with Crippen LogP contribution in [0.15, 0.2) is 0 Å². The topological polar surface area (TPSA) is 17.1 Å². The number of hydrogen-bond donors (Lipinski definition) is 0. The highest BCUT2D eigenvalue weighted by Crippen LogP contribution is 2.23. The molecule has 0 bridgehead atoms. The van der Waals surface area contributed by atoms with Crippen LogP contribution in [0.4, 0.5) is 0 Å². The summed E-state index contributed by atoms with van der Waals surface area (Å²) in [5, 5.41) is 0.263. The van der Waals surface area contributed by atoms with E-state index in [4.69, 9.17) is 0 Å². The van der Waals surface area contributed by atoms with Gasteiger partial charge in [-0.3, -0.25) is 4.79 Å². The molecule has 0 atom stereocenters. The van der Waals surface area contributed by atoms with Gasteiger partial charge in [0.05, 0.1) is 27.2 Å². The summed E-state index contributed by atoms with van der Waals surface area (Å²) >= 11 is 1.49. The maximum Gasteiger partial charge on any atom is 0.185 e. The van der Waals surface area contributed by atoms with E-state index in [0.29, 0.717) is 0 Å². The lowest BCUT2D eigenvalue weighted by molar-refractivity contribution is -0.896. The number of rotatable bonds is 2. The fraction of sp³-hybridized carbons (Fsp3) is 0.900. The van der Waals surface area contributed by atoms with Crippen molar-refractivity contribution in [1.82, 2.24) is 0 Å². The van der Waals surface area contributed by atoms with Crippen LogP contribution in [0, 0.1) is 5.92 Å². The van der Waals surface area contributed by atoms with Crippen molar-refractivity contribution >= 4 is 16.9 Å². The average molecular weight is 329 g/mol. The number of thioether (sulfide) groups is 1. The Kier molecular flexibility index (Phi) is 6.65. The molecule has 1 aliphatic rings. The van der Waals surface area contributed by atoms with Crippen molar-refractivity contribution in [3.8, 4) is 0 Å². The van der Waals surface area contributed by atoms with Gasteiger partial charge in [-0.05, 0) is 5.92 Å². The van der Waals surface area contributed by atoms with E-state index in [1.54, 1.807) is 6.92 Å². The first-order chi connectivity index (χ1) is 5.99. The average Bonchev–Trinajstić information content (AvgIpc) is 2.02. The Balaban J connectivity index is 0.00000169. The quantitative estimate of drug-likeness (QED) is 0.466. The molecular formula is C10H20INOS. The highest BCUT2D eigenvalue weighted by atomic mass is 127. The normalized spacial score (nSPS) is 21.4. The van der Waals surface area contributed by atoms with Crippen LogP contribution in [0.3, 0.4) is 0 Å². The Labute approximate surface area is 108 Å². The predicted molar refractivity (Wildman–Crippen MR) is 57.7 cm³/mol. The SMILES string of the molecule is CC(=O)SCC1CC[N+](C)(C)CC1.[I-]. The monoisotopic (exact) mass is 329 g/mol. The van der Waals surface area contributed by atoms with Gasteiger partial charge in [-0.25, -0.2) is 0 Å². The van der Waals surface area contributed by atoms with Crippen LogP contribution in [0.25, 0.3) is 0 Å². The summed E-state index contributed by atoms with van der Waals surface area (Å²) in [7, 11) is 4.57. The second kappa shape index (κ2) is 6.33. The van der Waals surface area contributed by atoms with Crippen LogP contribution in [0.5, 0.6) is 0 Å². The molecule has 0 aliphatic carbocycles. The molecule has 0 unspecified atom stereocenters.